The van der Waals surface area contributed by atoms with Crippen molar-refractivity contribution in [3.05, 3.63) is 227 Å². The van der Waals surface area contributed by atoms with Crippen LogP contribution in [0.15, 0.2) is 205 Å². The Morgan fingerprint density at radius 1 is 0.353 bits per heavy atom. The van der Waals surface area contributed by atoms with Crippen LogP contribution in [0.2, 0.25) is 0 Å². The largest absolute Gasteiger partial charge is 0.354 e. The number of anilines is 2. The molecule has 2 heteroatoms. The molecule has 1 aliphatic rings. The average molecular weight is 717 g/mol. The summed E-state index contributed by atoms with van der Waals surface area (Å²) in [5.74, 6) is 0. The van der Waals surface area contributed by atoms with Gasteiger partial charge in [-0.15, -0.1) is 0 Å². The minimum atomic E-state index is -0.504. The number of rotatable bonds is 7. The van der Waals surface area contributed by atoms with Crippen molar-refractivity contribution in [2.75, 3.05) is 5.32 Å². The van der Waals surface area contributed by atoms with Gasteiger partial charge in [0.1, 0.15) is 0 Å². The summed E-state index contributed by atoms with van der Waals surface area (Å²) in [6.45, 7) is 0. The van der Waals surface area contributed by atoms with Crippen molar-refractivity contribution in [1.29, 1.82) is 0 Å². The Morgan fingerprint density at radius 2 is 0.804 bits per heavy atom. The van der Waals surface area contributed by atoms with Gasteiger partial charge in [0, 0.05) is 21.3 Å². The number of benzene rings is 8. The number of fused-ring (bicyclic) bond motifs is 3. The SMILES string of the molecule is Brc1cc(Nc2c(-c3ccccc3)cc(-c3ccccc3)cc2-c2ccccc2)cc(C2(c3ccccc3)c3ccccc3-c3ccccc32)c1. The van der Waals surface area contributed by atoms with E-state index in [-0.39, 0.29) is 0 Å². The van der Waals surface area contributed by atoms with Crippen molar-refractivity contribution >= 4 is 27.3 Å². The molecule has 9 rings (SSSR count). The summed E-state index contributed by atoms with van der Waals surface area (Å²) in [7, 11) is 0. The summed E-state index contributed by atoms with van der Waals surface area (Å²) in [5, 5.41) is 4.01. The molecular weight excluding hydrogens is 682 g/mol. The highest BCUT2D eigenvalue weighted by Gasteiger charge is 2.46. The molecule has 1 aliphatic carbocycles. The maximum Gasteiger partial charge on any atom is 0.0714 e. The standard InChI is InChI=1S/C49H34BrN/c50-40-31-39(49(38-23-11-4-12-24-38)46-27-15-13-25-42(46)43-26-14-16-28-47(43)49)32-41(33-40)51-48-44(35-19-7-2-8-20-35)29-37(34-17-5-1-6-18-34)30-45(48)36-21-9-3-10-22-36/h1-33,51H. The van der Waals surface area contributed by atoms with Gasteiger partial charge in [-0.2, -0.15) is 0 Å². The Hall–Kier alpha value is -5.96. The maximum atomic E-state index is 4.01. The van der Waals surface area contributed by atoms with Crippen LogP contribution >= 0.6 is 15.9 Å². The van der Waals surface area contributed by atoms with E-state index in [0.717, 1.165) is 38.1 Å². The van der Waals surface area contributed by atoms with Gasteiger partial charge in [-0.3, -0.25) is 0 Å². The lowest BCUT2D eigenvalue weighted by Gasteiger charge is -2.34. The highest BCUT2D eigenvalue weighted by Crippen LogP contribution is 2.56. The molecule has 51 heavy (non-hydrogen) atoms. The van der Waals surface area contributed by atoms with Crippen molar-refractivity contribution in [2.45, 2.75) is 5.41 Å². The highest BCUT2D eigenvalue weighted by atomic mass is 79.9. The Morgan fingerprint density at radius 3 is 1.33 bits per heavy atom. The number of halogens is 1. The molecule has 0 amide bonds. The van der Waals surface area contributed by atoms with E-state index in [0.29, 0.717) is 0 Å². The molecule has 0 heterocycles. The molecule has 0 bridgehead atoms. The first-order valence-electron chi connectivity index (χ1n) is 17.4. The Balaban J connectivity index is 1.29. The van der Waals surface area contributed by atoms with Gasteiger partial charge in [-0.25, -0.2) is 0 Å². The van der Waals surface area contributed by atoms with Crippen LogP contribution in [0.3, 0.4) is 0 Å². The quantitative estimate of drug-likeness (QED) is 0.173. The molecule has 0 radical (unpaired) electrons. The van der Waals surface area contributed by atoms with Gasteiger partial charge in [0.15, 0.2) is 0 Å². The fraction of sp³-hybridized carbons (Fsp3) is 0.0204. The Labute approximate surface area is 308 Å². The maximum absolute atomic E-state index is 4.01. The van der Waals surface area contributed by atoms with E-state index in [9.17, 15) is 0 Å². The van der Waals surface area contributed by atoms with Gasteiger partial charge >= 0.3 is 0 Å². The molecule has 0 aromatic heterocycles. The lowest BCUT2D eigenvalue weighted by Crippen LogP contribution is -2.28. The molecule has 0 atom stereocenters. The number of hydrogen-bond acceptors (Lipinski definition) is 1. The van der Waals surface area contributed by atoms with E-state index in [1.165, 1.54) is 44.5 Å². The first-order chi connectivity index (χ1) is 25.2. The first-order valence-corrected chi connectivity index (χ1v) is 18.2. The summed E-state index contributed by atoms with van der Waals surface area (Å²) < 4.78 is 1.02. The van der Waals surface area contributed by atoms with Crippen LogP contribution in [-0.2, 0) is 5.41 Å². The zero-order valence-corrected chi connectivity index (χ0v) is 29.5. The summed E-state index contributed by atoms with van der Waals surface area (Å²) in [5.41, 5.74) is 16.1. The van der Waals surface area contributed by atoms with Crippen LogP contribution in [0, 0.1) is 0 Å². The molecule has 0 spiro atoms. The zero-order chi connectivity index (χ0) is 34.2. The molecule has 0 saturated heterocycles. The van der Waals surface area contributed by atoms with E-state index >= 15 is 0 Å². The van der Waals surface area contributed by atoms with Gasteiger partial charge in [-0.1, -0.05) is 186 Å². The highest BCUT2D eigenvalue weighted by molar-refractivity contribution is 9.10. The van der Waals surface area contributed by atoms with Crippen LogP contribution in [0.4, 0.5) is 11.4 Å². The molecule has 0 fully saturated rings. The third kappa shape index (κ3) is 5.40. The fourth-order valence-electron chi connectivity index (χ4n) is 8.00. The lowest BCUT2D eigenvalue weighted by molar-refractivity contribution is 0.768. The summed E-state index contributed by atoms with van der Waals surface area (Å²) in [4.78, 5) is 0. The first kappa shape index (κ1) is 31.1. The molecule has 1 nitrogen and oxygen atoms in total. The van der Waals surface area contributed by atoms with Crippen molar-refractivity contribution in [3.8, 4) is 44.5 Å². The predicted molar refractivity (Wildman–Crippen MR) is 217 cm³/mol. The van der Waals surface area contributed by atoms with E-state index in [1.54, 1.807) is 0 Å². The van der Waals surface area contributed by atoms with Crippen LogP contribution in [0.25, 0.3) is 44.5 Å². The van der Waals surface area contributed by atoms with Crippen LogP contribution in [-0.4, -0.2) is 0 Å². The monoisotopic (exact) mass is 715 g/mol. The molecule has 242 valence electrons. The second-order valence-corrected chi connectivity index (χ2v) is 14.0. The molecule has 8 aromatic rings. The Kier molecular flexibility index (Phi) is 7.95. The molecule has 0 saturated carbocycles. The fourth-order valence-corrected chi connectivity index (χ4v) is 8.49. The molecule has 8 aromatic carbocycles. The minimum absolute atomic E-state index is 0.504. The summed E-state index contributed by atoms with van der Waals surface area (Å²) in [6, 6.07) is 72.4. The van der Waals surface area contributed by atoms with Crippen LogP contribution in [0.5, 0.6) is 0 Å². The molecule has 0 unspecified atom stereocenters. The predicted octanol–water partition coefficient (Wildman–Crippen LogP) is 13.6. The van der Waals surface area contributed by atoms with Crippen molar-refractivity contribution in [2.24, 2.45) is 0 Å². The van der Waals surface area contributed by atoms with Gasteiger partial charge in [0.2, 0.25) is 0 Å². The smallest absolute Gasteiger partial charge is 0.0714 e. The van der Waals surface area contributed by atoms with Crippen molar-refractivity contribution < 1.29 is 0 Å². The van der Waals surface area contributed by atoms with E-state index < -0.39 is 5.41 Å². The van der Waals surface area contributed by atoms with Crippen molar-refractivity contribution in [1.82, 2.24) is 0 Å². The number of hydrogen-bond donors (Lipinski definition) is 1. The van der Waals surface area contributed by atoms with Crippen molar-refractivity contribution in [3.63, 3.8) is 0 Å². The molecule has 0 aliphatic heterocycles. The molecule has 1 N–H and O–H groups in total. The summed E-state index contributed by atoms with van der Waals surface area (Å²) in [6.07, 6.45) is 0. The number of nitrogens with one attached hydrogen (secondary N) is 1. The zero-order valence-electron chi connectivity index (χ0n) is 27.9. The third-order valence-corrected chi connectivity index (χ3v) is 10.6. The van der Waals surface area contributed by atoms with E-state index in [4.69, 9.17) is 0 Å². The van der Waals surface area contributed by atoms with Crippen LogP contribution < -0.4 is 5.32 Å². The van der Waals surface area contributed by atoms with Crippen LogP contribution in [0.1, 0.15) is 22.3 Å². The Bertz CT molecular complexity index is 2380. The van der Waals surface area contributed by atoms with Gasteiger partial charge < -0.3 is 5.32 Å². The van der Waals surface area contributed by atoms with E-state index in [1.807, 2.05) is 0 Å². The van der Waals surface area contributed by atoms with Gasteiger partial charge in [-0.05, 0) is 86.0 Å². The summed E-state index contributed by atoms with van der Waals surface area (Å²) >= 11 is 3.98. The second kappa shape index (κ2) is 13.1. The minimum Gasteiger partial charge on any atom is -0.354 e. The topological polar surface area (TPSA) is 12.0 Å². The second-order valence-electron chi connectivity index (χ2n) is 13.1. The molecular formula is C49H34BrN. The van der Waals surface area contributed by atoms with Gasteiger partial charge in [0.05, 0.1) is 11.1 Å². The lowest BCUT2D eigenvalue weighted by atomic mass is 9.67. The van der Waals surface area contributed by atoms with E-state index in [2.05, 4.69) is 221 Å². The normalized spacial score (nSPS) is 12.6. The third-order valence-electron chi connectivity index (χ3n) is 10.2. The average Bonchev–Trinajstić information content (AvgIpc) is 3.50. The van der Waals surface area contributed by atoms with Gasteiger partial charge in [0.25, 0.3) is 0 Å².